The lowest BCUT2D eigenvalue weighted by molar-refractivity contribution is 0.275. The fourth-order valence-corrected chi connectivity index (χ4v) is 3.26. The number of anilines is 1. The van der Waals surface area contributed by atoms with Crippen molar-refractivity contribution in [3.8, 4) is 0 Å². The quantitative estimate of drug-likeness (QED) is 0.808. The molecule has 1 fully saturated rings. The fourth-order valence-electron chi connectivity index (χ4n) is 3.26. The number of hydrogen-bond acceptors (Lipinski definition) is 3. The molecule has 1 unspecified atom stereocenters. The minimum absolute atomic E-state index is 0.608. The van der Waals surface area contributed by atoms with Crippen molar-refractivity contribution >= 4 is 5.69 Å². The molecule has 3 rings (SSSR count). The third-order valence-corrected chi connectivity index (χ3v) is 4.26. The number of piperazine rings is 1. The molecule has 0 amide bonds. The van der Waals surface area contributed by atoms with E-state index in [4.69, 9.17) is 0 Å². The first-order valence-corrected chi connectivity index (χ1v) is 7.02. The number of benzene rings is 1. The van der Waals surface area contributed by atoms with Gasteiger partial charge in [-0.3, -0.25) is 0 Å². The molecular formula is C15H23N3. The van der Waals surface area contributed by atoms with Gasteiger partial charge in [-0.25, -0.2) is 0 Å². The van der Waals surface area contributed by atoms with Gasteiger partial charge in [-0.2, -0.15) is 0 Å². The van der Waals surface area contributed by atoms with Crippen LogP contribution in [0.2, 0.25) is 0 Å². The minimum atomic E-state index is 0.608. The van der Waals surface area contributed by atoms with Gasteiger partial charge in [0.05, 0.1) is 0 Å². The van der Waals surface area contributed by atoms with Crippen molar-refractivity contribution in [2.75, 3.05) is 38.1 Å². The van der Waals surface area contributed by atoms with Crippen LogP contribution in [0.3, 0.4) is 0 Å². The van der Waals surface area contributed by atoms with E-state index >= 15 is 0 Å². The summed E-state index contributed by atoms with van der Waals surface area (Å²) in [6.07, 6.45) is 1.17. The molecule has 3 heteroatoms. The van der Waals surface area contributed by atoms with Gasteiger partial charge in [-0.15, -0.1) is 0 Å². The maximum absolute atomic E-state index is 3.51. The molecule has 1 saturated heterocycles. The number of fused-ring (bicyclic) bond motifs is 1. The lowest BCUT2D eigenvalue weighted by Gasteiger charge is -2.41. The van der Waals surface area contributed by atoms with Crippen molar-refractivity contribution in [2.45, 2.75) is 25.9 Å². The number of rotatable bonds is 1. The molecule has 0 aliphatic carbocycles. The van der Waals surface area contributed by atoms with E-state index in [1.807, 2.05) is 0 Å². The second kappa shape index (κ2) is 4.90. The summed E-state index contributed by atoms with van der Waals surface area (Å²) in [6.45, 7) is 7.97. The van der Waals surface area contributed by atoms with Gasteiger partial charge >= 0.3 is 0 Å². The maximum atomic E-state index is 3.51. The highest BCUT2D eigenvalue weighted by atomic mass is 15.3. The van der Waals surface area contributed by atoms with Crippen LogP contribution in [0, 0.1) is 0 Å². The number of likely N-dealkylation sites (N-methyl/N-ethyl adjacent to an activating group) is 1. The number of nitrogens with zero attached hydrogens (tertiary/aromatic N) is 2. The Labute approximate surface area is 110 Å². The van der Waals surface area contributed by atoms with Gasteiger partial charge in [0.15, 0.2) is 0 Å². The molecule has 0 bridgehead atoms. The van der Waals surface area contributed by atoms with Crippen LogP contribution in [0.5, 0.6) is 0 Å². The average Bonchev–Trinajstić information content (AvgIpc) is 2.38. The molecule has 1 aromatic carbocycles. The first kappa shape index (κ1) is 12.0. The van der Waals surface area contributed by atoms with Gasteiger partial charge in [0, 0.05) is 37.9 Å². The van der Waals surface area contributed by atoms with E-state index in [1.165, 1.54) is 29.8 Å². The molecule has 3 nitrogen and oxygen atoms in total. The van der Waals surface area contributed by atoms with E-state index in [1.54, 1.807) is 0 Å². The van der Waals surface area contributed by atoms with E-state index in [0.717, 1.165) is 26.2 Å². The van der Waals surface area contributed by atoms with Crippen molar-refractivity contribution in [1.29, 1.82) is 0 Å². The first-order valence-electron chi connectivity index (χ1n) is 7.02. The Kier molecular flexibility index (Phi) is 3.27. The second-order valence-corrected chi connectivity index (χ2v) is 5.65. The molecule has 1 N–H and O–H groups in total. The van der Waals surface area contributed by atoms with Crippen LogP contribution in [-0.4, -0.2) is 44.2 Å². The highest BCUT2D eigenvalue weighted by Crippen LogP contribution is 2.29. The Morgan fingerprint density at radius 1 is 1.28 bits per heavy atom. The van der Waals surface area contributed by atoms with Crippen molar-refractivity contribution in [2.24, 2.45) is 0 Å². The third kappa shape index (κ3) is 2.13. The van der Waals surface area contributed by atoms with Crippen LogP contribution in [0.4, 0.5) is 5.69 Å². The third-order valence-electron chi connectivity index (χ3n) is 4.26. The van der Waals surface area contributed by atoms with Gasteiger partial charge in [-0.05, 0) is 44.1 Å². The van der Waals surface area contributed by atoms with Crippen molar-refractivity contribution in [3.63, 3.8) is 0 Å². The molecule has 98 valence electrons. The fraction of sp³-hybridized carbons (Fsp3) is 0.600. The summed E-state index contributed by atoms with van der Waals surface area (Å²) in [6, 6.07) is 7.43. The molecule has 2 heterocycles. The molecule has 0 aromatic heterocycles. The van der Waals surface area contributed by atoms with Gasteiger partial charge < -0.3 is 15.1 Å². The normalized spacial score (nSPS) is 25.0. The van der Waals surface area contributed by atoms with Gasteiger partial charge in [0.2, 0.25) is 0 Å². The van der Waals surface area contributed by atoms with E-state index in [9.17, 15) is 0 Å². The summed E-state index contributed by atoms with van der Waals surface area (Å²) in [4.78, 5) is 5.01. The summed E-state index contributed by atoms with van der Waals surface area (Å²) in [7, 11) is 2.22. The van der Waals surface area contributed by atoms with Crippen molar-refractivity contribution in [1.82, 2.24) is 10.2 Å². The molecule has 0 saturated carbocycles. The van der Waals surface area contributed by atoms with E-state index in [0.29, 0.717) is 6.04 Å². The lowest BCUT2D eigenvalue weighted by atomic mass is 9.97. The summed E-state index contributed by atoms with van der Waals surface area (Å²) in [5.74, 6) is 0. The zero-order chi connectivity index (χ0) is 12.5. The maximum Gasteiger partial charge on any atom is 0.0417 e. The van der Waals surface area contributed by atoms with Gasteiger partial charge in [0.25, 0.3) is 0 Å². The van der Waals surface area contributed by atoms with E-state index < -0.39 is 0 Å². The zero-order valence-corrected chi connectivity index (χ0v) is 11.4. The molecule has 1 aromatic rings. The molecular weight excluding hydrogens is 222 g/mol. The zero-order valence-electron chi connectivity index (χ0n) is 11.4. The summed E-state index contributed by atoms with van der Waals surface area (Å²) in [5.41, 5.74) is 4.53. The Morgan fingerprint density at radius 2 is 2.17 bits per heavy atom. The van der Waals surface area contributed by atoms with Crippen LogP contribution in [0.1, 0.15) is 18.1 Å². The predicted molar refractivity (Wildman–Crippen MR) is 76.2 cm³/mol. The standard InChI is InChI=1S/C15H23N3/c1-12-11-17(2)8-9-18(12)15-5-3-4-13-6-7-16-10-14(13)15/h3-5,12,16H,6-11H2,1-2H3. The van der Waals surface area contributed by atoms with Crippen LogP contribution in [-0.2, 0) is 13.0 Å². The average molecular weight is 245 g/mol. The largest absolute Gasteiger partial charge is 0.366 e. The van der Waals surface area contributed by atoms with Crippen molar-refractivity contribution in [3.05, 3.63) is 29.3 Å². The smallest absolute Gasteiger partial charge is 0.0417 e. The monoisotopic (exact) mass is 245 g/mol. The van der Waals surface area contributed by atoms with Crippen molar-refractivity contribution < 1.29 is 0 Å². The Hall–Kier alpha value is -1.06. The Morgan fingerprint density at radius 3 is 3.00 bits per heavy atom. The highest BCUT2D eigenvalue weighted by Gasteiger charge is 2.24. The first-order chi connectivity index (χ1) is 8.75. The van der Waals surface area contributed by atoms with E-state index in [2.05, 4.69) is 47.3 Å². The predicted octanol–water partition coefficient (Wildman–Crippen LogP) is 1.47. The second-order valence-electron chi connectivity index (χ2n) is 5.65. The van der Waals surface area contributed by atoms with E-state index in [-0.39, 0.29) is 0 Å². The molecule has 0 radical (unpaired) electrons. The summed E-state index contributed by atoms with van der Waals surface area (Å²) in [5, 5.41) is 3.51. The Bertz CT molecular complexity index is 430. The Balaban J connectivity index is 1.92. The molecule has 18 heavy (non-hydrogen) atoms. The van der Waals surface area contributed by atoms with Gasteiger partial charge in [-0.1, -0.05) is 12.1 Å². The lowest BCUT2D eigenvalue weighted by Crippen LogP contribution is -2.51. The number of nitrogens with one attached hydrogen (secondary N) is 1. The summed E-state index contributed by atoms with van der Waals surface area (Å²) < 4.78 is 0. The highest BCUT2D eigenvalue weighted by molar-refractivity contribution is 5.58. The van der Waals surface area contributed by atoms with Crippen LogP contribution < -0.4 is 10.2 Å². The molecule has 0 spiro atoms. The van der Waals surface area contributed by atoms with Crippen LogP contribution >= 0.6 is 0 Å². The van der Waals surface area contributed by atoms with Crippen LogP contribution in [0.15, 0.2) is 18.2 Å². The van der Waals surface area contributed by atoms with Gasteiger partial charge in [0.1, 0.15) is 0 Å². The molecule has 1 atom stereocenters. The molecule has 2 aliphatic rings. The minimum Gasteiger partial charge on any atom is -0.366 e. The molecule has 2 aliphatic heterocycles. The van der Waals surface area contributed by atoms with Crippen LogP contribution in [0.25, 0.3) is 0 Å². The summed E-state index contributed by atoms with van der Waals surface area (Å²) >= 11 is 0. The number of hydrogen-bond donors (Lipinski definition) is 1. The SMILES string of the molecule is CC1CN(C)CCN1c1cccc2c1CNCC2. The topological polar surface area (TPSA) is 18.5 Å².